The van der Waals surface area contributed by atoms with E-state index in [2.05, 4.69) is 34.5 Å². The lowest BCUT2D eigenvalue weighted by Crippen LogP contribution is -2.36. The molecule has 0 radical (unpaired) electrons. The fraction of sp³-hybridized carbons (Fsp3) is 0.667. The second-order valence-electron chi connectivity index (χ2n) is 6.46. The van der Waals surface area contributed by atoms with Crippen LogP contribution in [0.1, 0.15) is 49.7 Å². The first-order chi connectivity index (χ1) is 9.92. The Bertz CT molecular complexity index is 365. The van der Waals surface area contributed by atoms with E-state index in [0.29, 0.717) is 6.04 Å². The minimum atomic E-state index is 0.700. The van der Waals surface area contributed by atoms with Crippen LogP contribution in [0.3, 0.4) is 0 Å². The monoisotopic (exact) mass is 272 g/mol. The molecule has 20 heavy (non-hydrogen) atoms. The smallest absolute Gasteiger partial charge is 0.0236 e. The molecule has 2 nitrogen and oxygen atoms in total. The molecule has 1 aromatic carbocycles. The van der Waals surface area contributed by atoms with Gasteiger partial charge in [-0.3, -0.25) is 4.90 Å². The van der Waals surface area contributed by atoms with E-state index in [1.807, 2.05) is 0 Å². The number of nitrogens with one attached hydrogen (secondary N) is 1. The normalized spacial score (nSPS) is 24.7. The molecular weight excluding hydrogens is 244 g/mol. The van der Waals surface area contributed by atoms with Crippen molar-refractivity contribution in [1.82, 2.24) is 10.2 Å². The van der Waals surface area contributed by atoms with Gasteiger partial charge in [0.1, 0.15) is 0 Å². The summed E-state index contributed by atoms with van der Waals surface area (Å²) in [5, 5.41) is 3.68. The number of hydrogen-bond donors (Lipinski definition) is 1. The van der Waals surface area contributed by atoms with Crippen molar-refractivity contribution in [2.75, 3.05) is 19.6 Å². The van der Waals surface area contributed by atoms with Crippen LogP contribution in [-0.4, -0.2) is 30.6 Å². The largest absolute Gasteiger partial charge is 0.314 e. The Morgan fingerprint density at radius 2 is 1.75 bits per heavy atom. The summed E-state index contributed by atoms with van der Waals surface area (Å²) in [6.45, 7) is 4.94. The van der Waals surface area contributed by atoms with Crippen molar-refractivity contribution in [2.24, 2.45) is 0 Å². The first-order valence-electron chi connectivity index (χ1n) is 8.44. The maximum Gasteiger partial charge on any atom is 0.0236 e. The third-order valence-electron chi connectivity index (χ3n) is 4.84. The van der Waals surface area contributed by atoms with Crippen molar-refractivity contribution < 1.29 is 0 Å². The number of hydrogen-bond acceptors (Lipinski definition) is 2. The van der Waals surface area contributed by atoms with Gasteiger partial charge in [-0.25, -0.2) is 0 Å². The Labute approximate surface area is 123 Å². The molecule has 1 atom stereocenters. The van der Waals surface area contributed by atoms with Gasteiger partial charge in [0.15, 0.2) is 0 Å². The summed E-state index contributed by atoms with van der Waals surface area (Å²) in [6, 6.07) is 9.79. The minimum Gasteiger partial charge on any atom is -0.314 e. The van der Waals surface area contributed by atoms with E-state index in [4.69, 9.17) is 0 Å². The summed E-state index contributed by atoms with van der Waals surface area (Å²) in [7, 11) is 0. The topological polar surface area (TPSA) is 15.3 Å². The van der Waals surface area contributed by atoms with Crippen LogP contribution in [0.4, 0.5) is 0 Å². The van der Waals surface area contributed by atoms with Crippen LogP contribution >= 0.6 is 0 Å². The van der Waals surface area contributed by atoms with Gasteiger partial charge >= 0.3 is 0 Å². The molecule has 0 bridgehead atoms. The number of benzene rings is 1. The third kappa shape index (κ3) is 3.83. The molecule has 1 aromatic rings. The molecule has 3 rings (SSSR count). The van der Waals surface area contributed by atoms with E-state index in [1.165, 1.54) is 64.6 Å². The predicted octanol–water partition coefficient (Wildman–Crippen LogP) is 3.36. The highest BCUT2D eigenvalue weighted by Gasteiger charge is 2.16. The molecule has 2 heterocycles. The Morgan fingerprint density at radius 1 is 0.950 bits per heavy atom. The van der Waals surface area contributed by atoms with Crippen molar-refractivity contribution in [2.45, 2.75) is 57.5 Å². The predicted molar refractivity (Wildman–Crippen MR) is 84.9 cm³/mol. The first-order valence-corrected chi connectivity index (χ1v) is 8.44. The molecule has 1 unspecified atom stereocenters. The van der Waals surface area contributed by atoms with Crippen molar-refractivity contribution >= 4 is 0 Å². The molecule has 0 amide bonds. The first kappa shape index (κ1) is 14.1. The number of nitrogens with zero attached hydrogens (tertiary/aromatic N) is 1. The molecule has 2 aliphatic heterocycles. The summed E-state index contributed by atoms with van der Waals surface area (Å²) in [6.07, 6.45) is 9.49. The molecule has 2 heteroatoms. The standard InChI is InChI=1S/C18H28N2/c1-6-12-20(13-7-1)15-17-9-3-2-8-16(17)14-18-10-4-5-11-19-18/h2-3,8-9,18-19H,1,4-7,10-15H2. The fourth-order valence-corrected chi connectivity index (χ4v) is 3.63. The highest BCUT2D eigenvalue weighted by Crippen LogP contribution is 2.19. The number of rotatable bonds is 4. The van der Waals surface area contributed by atoms with Gasteiger partial charge < -0.3 is 5.32 Å². The van der Waals surface area contributed by atoms with Gasteiger partial charge in [0.25, 0.3) is 0 Å². The summed E-state index contributed by atoms with van der Waals surface area (Å²) < 4.78 is 0. The summed E-state index contributed by atoms with van der Waals surface area (Å²) in [5.74, 6) is 0. The number of piperidine rings is 2. The van der Waals surface area contributed by atoms with Crippen molar-refractivity contribution in [3.05, 3.63) is 35.4 Å². The molecular formula is C18H28N2. The third-order valence-corrected chi connectivity index (χ3v) is 4.84. The van der Waals surface area contributed by atoms with Crippen LogP contribution in [0.25, 0.3) is 0 Å². The van der Waals surface area contributed by atoms with Crippen LogP contribution in [0.15, 0.2) is 24.3 Å². The van der Waals surface area contributed by atoms with Gasteiger partial charge in [-0.15, -0.1) is 0 Å². The van der Waals surface area contributed by atoms with E-state index < -0.39 is 0 Å². The Hall–Kier alpha value is -0.860. The average Bonchev–Trinajstić information content (AvgIpc) is 2.51. The lowest BCUT2D eigenvalue weighted by Gasteiger charge is -2.28. The zero-order valence-corrected chi connectivity index (χ0v) is 12.6. The number of likely N-dealkylation sites (tertiary alicyclic amines) is 1. The molecule has 2 saturated heterocycles. The Kier molecular flexibility index (Phi) is 5.10. The van der Waals surface area contributed by atoms with Crippen LogP contribution < -0.4 is 5.32 Å². The lowest BCUT2D eigenvalue weighted by atomic mass is 9.94. The molecule has 0 saturated carbocycles. The average molecular weight is 272 g/mol. The summed E-state index contributed by atoms with van der Waals surface area (Å²) in [5.41, 5.74) is 3.12. The van der Waals surface area contributed by atoms with E-state index in [1.54, 1.807) is 11.1 Å². The van der Waals surface area contributed by atoms with Crippen LogP contribution in [-0.2, 0) is 13.0 Å². The van der Waals surface area contributed by atoms with E-state index in [9.17, 15) is 0 Å². The minimum absolute atomic E-state index is 0.700. The van der Waals surface area contributed by atoms with Crippen LogP contribution in [0.2, 0.25) is 0 Å². The van der Waals surface area contributed by atoms with Gasteiger partial charge in [0.2, 0.25) is 0 Å². The highest BCUT2D eigenvalue weighted by molar-refractivity contribution is 5.28. The van der Waals surface area contributed by atoms with Crippen LogP contribution in [0, 0.1) is 0 Å². The van der Waals surface area contributed by atoms with Crippen LogP contribution in [0.5, 0.6) is 0 Å². The summed E-state index contributed by atoms with van der Waals surface area (Å²) >= 11 is 0. The highest BCUT2D eigenvalue weighted by atomic mass is 15.1. The van der Waals surface area contributed by atoms with Gasteiger partial charge in [-0.2, -0.15) is 0 Å². The summed E-state index contributed by atoms with van der Waals surface area (Å²) in [4.78, 5) is 2.64. The van der Waals surface area contributed by atoms with Gasteiger partial charge in [0, 0.05) is 12.6 Å². The lowest BCUT2D eigenvalue weighted by molar-refractivity contribution is 0.220. The zero-order valence-electron chi connectivity index (χ0n) is 12.6. The van der Waals surface area contributed by atoms with E-state index in [-0.39, 0.29) is 0 Å². The van der Waals surface area contributed by atoms with Gasteiger partial charge in [-0.05, 0) is 62.9 Å². The SMILES string of the molecule is c1ccc(CN2CCCCC2)c(CC2CCCCN2)c1. The fourth-order valence-electron chi connectivity index (χ4n) is 3.63. The second-order valence-corrected chi connectivity index (χ2v) is 6.46. The molecule has 1 N–H and O–H groups in total. The maximum absolute atomic E-state index is 3.68. The molecule has 110 valence electrons. The van der Waals surface area contributed by atoms with E-state index in [0.717, 1.165) is 6.54 Å². The quantitative estimate of drug-likeness (QED) is 0.904. The maximum atomic E-state index is 3.68. The van der Waals surface area contributed by atoms with Gasteiger partial charge in [0.05, 0.1) is 0 Å². The van der Waals surface area contributed by atoms with Gasteiger partial charge in [-0.1, -0.05) is 37.1 Å². The zero-order chi connectivity index (χ0) is 13.6. The van der Waals surface area contributed by atoms with Crippen molar-refractivity contribution in [1.29, 1.82) is 0 Å². The Balaban J connectivity index is 1.63. The second kappa shape index (κ2) is 7.24. The molecule has 0 aromatic heterocycles. The van der Waals surface area contributed by atoms with Crippen molar-refractivity contribution in [3.63, 3.8) is 0 Å². The van der Waals surface area contributed by atoms with Crippen molar-refractivity contribution in [3.8, 4) is 0 Å². The van der Waals surface area contributed by atoms with E-state index >= 15 is 0 Å². The molecule has 2 aliphatic rings. The molecule has 0 spiro atoms. The molecule has 0 aliphatic carbocycles. The molecule has 2 fully saturated rings. The Morgan fingerprint density at radius 3 is 2.50 bits per heavy atom.